The van der Waals surface area contributed by atoms with E-state index in [0.717, 1.165) is 19.6 Å². The smallest absolute Gasteiger partial charge is 0.321 e. The average Bonchev–Trinajstić information content (AvgIpc) is 3.07. The molecular weight excluding hydrogens is 312 g/mol. The van der Waals surface area contributed by atoms with Gasteiger partial charge in [0.05, 0.1) is 12.7 Å². The molecule has 1 atom stereocenters. The Balaban J connectivity index is 1.42. The molecule has 3 rings (SSSR count). The molecule has 1 fully saturated rings. The van der Waals surface area contributed by atoms with Gasteiger partial charge in [0.2, 0.25) is 0 Å². The van der Waals surface area contributed by atoms with Gasteiger partial charge in [-0.1, -0.05) is 30.3 Å². The van der Waals surface area contributed by atoms with E-state index in [2.05, 4.69) is 44.8 Å². The van der Waals surface area contributed by atoms with Gasteiger partial charge in [0.25, 0.3) is 0 Å². The van der Waals surface area contributed by atoms with Gasteiger partial charge in [-0.15, -0.1) is 11.3 Å². The van der Waals surface area contributed by atoms with Gasteiger partial charge in [0, 0.05) is 37.8 Å². The number of carbonyl (C=O) groups excluding carboxylic acids is 1. The summed E-state index contributed by atoms with van der Waals surface area (Å²) in [6, 6.07) is 10.1. The minimum Gasteiger partial charge on any atom is -0.374 e. The topological polar surface area (TPSA) is 66.5 Å². The monoisotopic (exact) mass is 332 g/mol. The van der Waals surface area contributed by atoms with E-state index in [1.165, 1.54) is 16.9 Å². The van der Waals surface area contributed by atoms with E-state index in [1.54, 1.807) is 6.20 Å². The van der Waals surface area contributed by atoms with Crippen LogP contribution in [0.25, 0.3) is 0 Å². The van der Waals surface area contributed by atoms with Crippen LogP contribution in [0.1, 0.15) is 5.56 Å². The van der Waals surface area contributed by atoms with Crippen molar-refractivity contribution >= 4 is 22.5 Å². The first-order chi connectivity index (χ1) is 11.3. The van der Waals surface area contributed by atoms with Crippen molar-refractivity contribution in [1.82, 2.24) is 15.2 Å². The molecule has 2 N–H and O–H groups in total. The predicted octanol–water partition coefficient (Wildman–Crippen LogP) is 2.17. The SMILES string of the molecule is O=C(NC[C@@H]1CN(Cc2ccccc2)CCO1)Nc1nccs1. The minimum absolute atomic E-state index is 0.00880. The second-order valence-electron chi connectivity index (χ2n) is 5.39. The standard InChI is InChI=1S/C16H20N4O2S/c21-15(19-16-17-6-9-23-16)18-10-14-12-20(7-8-22-14)11-13-4-2-1-3-5-13/h1-6,9,14H,7-8,10-12H2,(H2,17,18,19,21)/t14-/m1/s1. The molecule has 0 bridgehead atoms. The molecule has 7 heteroatoms. The number of anilines is 1. The van der Waals surface area contributed by atoms with Crippen molar-refractivity contribution < 1.29 is 9.53 Å². The number of nitrogens with one attached hydrogen (secondary N) is 2. The summed E-state index contributed by atoms with van der Waals surface area (Å²) < 4.78 is 5.73. The fourth-order valence-corrected chi connectivity index (χ4v) is 3.05. The number of morpholine rings is 1. The van der Waals surface area contributed by atoms with Crippen LogP contribution in [0.5, 0.6) is 0 Å². The minimum atomic E-state index is -0.247. The molecule has 2 heterocycles. The molecule has 1 aromatic carbocycles. The van der Waals surface area contributed by atoms with E-state index in [0.29, 0.717) is 18.3 Å². The highest BCUT2D eigenvalue weighted by atomic mass is 32.1. The Hall–Kier alpha value is -1.96. The lowest BCUT2D eigenvalue weighted by Gasteiger charge is -2.33. The largest absolute Gasteiger partial charge is 0.374 e. The molecule has 0 unspecified atom stereocenters. The van der Waals surface area contributed by atoms with E-state index >= 15 is 0 Å². The van der Waals surface area contributed by atoms with Crippen molar-refractivity contribution in [2.24, 2.45) is 0 Å². The third-order valence-electron chi connectivity index (χ3n) is 3.61. The Kier molecular flexibility index (Phi) is 5.57. The molecule has 1 aliphatic heterocycles. The number of nitrogens with zero attached hydrogens (tertiary/aromatic N) is 2. The van der Waals surface area contributed by atoms with E-state index < -0.39 is 0 Å². The number of hydrogen-bond acceptors (Lipinski definition) is 5. The Morgan fingerprint density at radius 3 is 3.04 bits per heavy atom. The van der Waals surface area contributed by atoms with Crippen LogP contribution in [0.2, 0.25) is 0 Å². The van der Waals surface area contributed by atoms with Gasteiger partial charge in [0.1, 0.15) is 0 Å². The fourth-order valence-electron chi connectivity index (χ4n) is 2.52. The second kappa shape index (κ2) is 8.05. The summed E-state index contributed by atoms with van der Waals surface area (Å²) in [7, 11) is 0. The lowest BCUT2D eigenvalue weighted by molar-refractivity contribution is -0.0285. The maximum absolute atomic E-state index is 11.8. The van der Waals surface area contributed by atoms with E-state index in [4.69, 9.17) is 4.74 Å². The third kappa shape index (κ3) is 5.02. The van der Waals surface area contributed by atoms with Crippen molar-refractivity contribution in [3.63, 3.8) is 0 Å². The number of thiazole rings is 1. The Labute approximate surface area is 139 Å². The van der Waals surface area contributed by atoms with Crippen LogP contribution in [0, 0.1) is 0 Å². The predicted molar refractivity (Wildman–Crippen MR) is 90.6 cm³/mol. The van der Waals surface area contributed by atoms with Crippen LogP contribution in [0.15, 0.2) is 41.9 Å². The third-order valence-corrected chi connectivity index (χ3v) is 4.30. The summed E-state index contributed by atoms with van der Waals surface area (Å²) in [5.74, 6) is 0. The summed E-state index contributed by atoms with van der Waals surface area (Å²) >= 11 is 1.39. The number of hydrogen-bond donors (Lipinski definition) is 2. The summed E-state index contributed by atoms with van der Waals surface area (Å²) in [6.07, 6.45) is 1.67. The van der Waals surface area contributed by atoms with Crippen LogP contribution in [0.4, 0.5) is 9.93 Å². The highest BCUT2D eigenvalue weighted by Gasteiger charge is 2.21. The van der Waals surface area contributed by atoms with Crippen LogP contribution in [0.3, 0.4) is 0 Å². The lowest BCUT2D eigenvalue weighted by Crippen LogP contribution is -2.47. The highest BCUT2D eigenvalue weighted by molar-refractivity contribution is 7.13. The van der Waals surface area contributed by atoms with Gasteiger partial charge >= 0.3 is 6.03 Å². The van der Waals surface area contributed by atoms with Gasteiger partial charge < -0.3 is 10.1 Å². The normalized spacial score (nSPS) is 18.5. The molecule has 0 spiro atoms. The van der Waals surface area contributed by atoms with Gasteiger partial charge in [-0.2, -0.15) is 0 Å². The molecule has 6 nitrogen and oxygen atoms in total. The molecule has 0 aliphatic carbocycles. The van der Waals surface area contributed by atoms with Crippen LogP contribution >= 0.6 is 11.3 Å². The number of benzene rings is 1. The molecule has 1 aliphatic rings. The lowest BCUT2D eigenvalue weighted by atomic mass is 10.2. The van der Waals surface area contributed by atoms with Gasteiger partial charge in [-0.05, 0) is 5.56 Å². The summed E-state index contributed by atoms with van der Waals surface area (Å²) in [5, 5.41) is 7.96. The molecule has 122 valence electrons. The Morgan fingerprint density at radius 2 is 2.26 bits per heavy atom. The zero-order chi connectivity index (χ0) is 15.9. The van der Waals surface area contributed by atoms with Crippen molar-refractivity contribution in [2.75, 3.05) is 31.6 Å². The van der Waals surface area contributed by atoms with Crippen LogP contribution in [-0.2, 0) is 11.3 Å². The number of urea groups is 1. The highest BCUT2D eigenvalue weighted by Crippen LogP contribution is 2.11. The number of aromatic nitrogens is 1. The van der Waals surface area contributed by atoms with Crippen LogP contribution in [-0.4, -0.2) is 48.3 Å². The number of ether oxygens (including phenoxy) is 1. The molecule has 1 aromatic heterocycles. The molecule has 2 amide bonds. The fraction of sp³-hybridized carbons (Fsp3) is 0.375. The quantitative estimate of drug-likeness (QED) is 0.881. The Bertz CT molecular complexity index is 606. The van der Waals surface area contributed by atoms with Crippen molar-refractivity contribution in [3.8, 4) is 0 Å². The number of rotatable bonds is 5. The van der Waals surface area contributed by atoms with E-state index in [9.17, 15) is 4.79 Å². The van der Waals surface area contributed by atoms with E-state index in [-0.39, 0.29) is 12.1 Å². The first kappa shape index (κ1) is 15.9. The first-order valence-corrected chi connectivity index (χ1v) is 8.50. The zero-order valence-electron chi connectivity index (χ0n) is 12.8. The van der Waals surface area contributed by atoms with Crippen LogP contribution < -0.4 is 10.6 Å². The number of carbonyl (C=O) groups is 1. The van der Waals surface area contributed by atoms with Gasteiger partial charge in [-0.25, -0.2) is 9.78 Å². The summed E-state index contributed by atoms with van der Waals surface area (Å²) in [5.41, 5.74) is 1.29. The Morgan fingerprint density at radius 1 is 1.39 bits per heavy atom. The summed E-state index contributed by atoms with van der Waals surface area (Å²) in [4.78, 5) is 18.2. The summed E-state index contributed by atoms with van der Waals surface area (Å²) in [6.45, 7) is 3.81. The molecular formula is C16H20N4O2S. The van der Waals surface area contributed by atoms with Crippen molar-refractivity contribution in [2.45, 2.75) is 12.6 Å². The maximum atomic E-state index is 11.8. The molecule has 2 aromatic rings. The molecule has 23 heavy (non-hydrogen) atoms. The van der Waals surface area contributed by atoms with Gasteiger partial charge in [-0.3, -0.25) is 10.2 Å². The van der Waals surface area contributed by atoms with Crippen molar-refractivity contribution in [3.05, 3.63) is 47.5 Å². The second-order valence-corrected chi connectivity index (χ2v) is 6.28. The zero-order valence-corrected chi connectivity index (χ0v) is 13.6. The number of amides is 2. The molecule has 0 saturated carbocycles. The first-order valence-electron chi connectivity index (χ1n) is 7.62. The maximum Gasteiger partial charge on any atom is 0.321 e. The van der Waals surface area contributed by atoms with Crippen molar-refractivity contribution in [1.29, 1.82) is 0 Å². The average molecular weight is 332 g/mol. The molecule has 1 saturated heterocycles. The van der Waals surface area contributed by atoms with E-state index in [1.807, 2.05) is 11.4 Å². The molecule has 0 radical (unpaired) electrons. The van der Waals surface area contributed by atoms with Gasteiger partial charge in [0.15, 0.2) is 5.13 Å².